The van der Waals surface area contributed by atoms with E-state index in [1.807, 2.05) is 13.8 Å². The van der Waals surface area contributed by atoms with Gasteiger partial charge in [0.1, 0.15) is 11.7 Å². The van der Waals surface area contributed by atoms with Gasteiger partial charge in [0.05, 0.1) is 15.7 Å². The van der Waals surface area contributed by atoms with Crippen LogP contribution in [0.3, 0.4) is 0 Å². The van der Waals surface area contributed by atoms with Crippen LogP contribution in [0, 0.1) is 11.2 Å². The number of nitrogens with two attached hydrogens (primary N) is 1. The summed E-state index contributed by atoms with van der Waals surface area (Å²) in [6.45, 7) is 4.49. The number of nitrogens with one attached hydrogen (secondary N) is 1. The highest BCUT2D eigenvalue weighted by molar-refractivity contribution is 6.39. The molecule has 0 spiro atoms. The van der Waals surface area contributed by atoms with Gasteiger partial charge in [-0.1, -0.05) is 48.6 Å². The van der Waals surface area contributed by atoms with Gasteiger partial charge in [0.2, 0.25) is 0 Å². The van der Waals surface area contributed by atoms with Crippen molar-refractivity contribution in [3.63, 3.8) is 0 Å². The molecule has 1 aromatic rings. The molecule has 0 heterocycles. The van der Waals surface area contributed by atoms with Gasteiger partial charge < -0.3 is 16.3 Å². The van der Waals surface area contributed by atoms with Crippen LogP contribution in [0.25, 0.3) is 0 Å². The fraction of sp³-hybridized carbons (Fsp3) is 0.500. The zero-order valence-electron chi connectivity index (χ0n) is 12.1. The number of rotatable bonds is 7. The first-order valence-corrected chi connectivity index (χ1v) is 7.40. The van der Waals surface area contributed by atoms with E-state index in [-0.39, 0.29) is 21.3 Å². The lowest BCUT2D eigenvalue weighted by Crippen LogP contribution is -2.31. The van der Waals surface area contributed by atoms with E-state index in [0.717, 1.165) is 19.3 Å². The second kappa shape index (κ2) is 7.71. The topological polar surface area (TPSA) is 70.6 Å². The Morgan fingerprint density at radius 3 is 2.43 bits per heavy atom. The zero-order valence-corrected chi connectivity index (χ0v) is 13.6. The van der Waals surface area contributed by atoms with Crippen molar-refractivity contribution in [2.75, 3.05) is 11.9 Å². The summed E-state index contributed by atoms with van der Waals surface area (Å²) >= 11 is 11.9. The Morgan fingerprint density at radius 1 is 1.33 bits per heavy atom. The molecule has 0 atom stereocenters. The van der Waals surface area contributed by atoms with Crippen LogP contribution in [0.5, 0.6) is 0 Å². The van der Waals surface area contributed by atoms with Gasteiger partial charge in [-0.15, -0.1) is 0 Å². The van der Waals surface area contributed by atoms with Crippen molar-refractivity contribution in [1.82, 2.24) is 0 Å². The van der Waals surface area contributed by atoms with E-state index in [9.17, 15) is 4.39 Å². The summed E-state index contributed by atoms with van der Waals surface area (Å²) < 4.78 is 13.1. The molecular weight excluding hydrogens is 316 g/mol. The minimum absolute atomic E-state index is 0.222. The van der Waals surface area contributed by atoms with E-state index >= 15 is 0 Å². The fourth-order valence-electron chi connectivity index (χ4n) is 1.88. The smallest absolute Gasteiger partial charge is 0.144 e. The summed E-state index contributed by atoms with van der Waals surface area (Å²) in [7, 11) is 0. The number of halogens is 3. The molecule has 4 N–H and O–H groups in total. The molecule has 0 aromatic heterocycles. The van der Waals surface area contributed by atoms with Crippen LogP contribution >= 0.6 is 23.2 Å². The van der Waals surface area contributed by atoms with E-state index in [4.69, 9.17) is 34.1 Å². The van der Waals surface area contributed by atoms with Gasteiger partial charge in [0, 0.05) is 12.0 Å². The third-order valence-corrected chi connectivity index (χ3v) is 3.93. The number of hydrogen-bond acceptors (Lipinski definition) is 3. The van der Waals surface area contributed by atoms with Crippen molar-refractivity contribution >= 4 is 34.7 Å². The molecule has 0 saturated carbocycles. The normalized spacial score (nSPS) is 12.5. The van der Waals surface area contributed by atoms with Gasteiger partial charge in [0.25, 0.3) is 0 Å². The first-order chi connectivity index (χ1) is 9.77. The second-order valence-electron chi connectivity index (χ2n) is 5.50. The number of amidine groups is 1. The van der Waals surface area contributed by atoms with Crippen LogP contribution in [-0.2, 0) is 0 Å². The van der Waals surface area contributed by atoms with E-state index in [1.165, 1.54) is 12.1 Å². The predicted octanol–water partition coefficient (Wildman–Crippen LogP) is 4.49. The number of anilines is 1. The molecule has 0 aliphatic rings. The number of nitrogens with zero attached hydrogens (tertiary/aromatic N) is 1. The van der Waals surface area contributed by atoms with E-state index in [0.29, 0.717) is 12.2 Å². The Hall–Kier alpha value is -1.20. The summed E-state index contributed by atoms with van der Waals surface area (Å²) in [5.41, 5.74) is 5.81. The minimum atomic E-state index is -0.462. The fourth-order valence-corrected chi connectivity index (χ4v) is 2.47. The summed E-state index contributed by atoms with van der Waals surface area (Å²) in [6.07, 6.45) is 2.52. The lowest BCUT2D eigenvalue weighted by atomic mass is 9.86. The highest BCUT2D eigenvalue weighted by Crippen LogP contribution is 2.31. The number of unbranched alkanes of at least 4 members (excludes halogenated alkanes) is 1. The third-order valence-electron chi connectivity index (χ3n) is 3.34. The lowest BCUT2D eigenvalue weighted by Gasteiger charge is -2.22. The summed E-state index contributed by atoms with van der Waals surface area (Å²) in [6, 6.07) is 2.44. The number of hydrogen-bond donors (Lipinski definition) is 3. The Morgan fingerprint density at radius 2 is 1.90 bits per heavy atom. The Balaban J connectivity index is 2.42. The Bertz CT molecular complexity index is 498. The number of benzene rings is 1. The van der Waals surface area contributed by atoms with Crippen LogP contribution < -0.4 is 11.1 Å². The SMILES string of the molecule is CC(C)(CCCCNc1c(Cl)cc(F)cc1Cl)C(N)=NO. The summed E-state index contributed by atoms with van der Waals surface area (Å²) in [5.74, 6) is -0.240. The molecule has 4 nitrogen and oxygen atoms in total. The van der Waals surface area contributed by atoms with Gasteiger partial charge in [-0.2, -0.15) is 0 Å². The molecular formula is C14H20Cl2FN3O. The zero-order chi connectivity index (χ0) is 16.0. The molecule has 0 fully saturated rings. The average Bonchev–Trinajstić information content (AvgIpc) is 2.39. The molecule has 0 saturated heterocycles. The quantitative estimate of drug-likeness (QED) is 0.226. The van der Waals surface area contributed by atoms with Crippen molar-refractivity contribution < 1.29 is 9.60 Å². The van der Waals surface area contributed by atoms with Gasteiger partial charge >= 0.3 is 0 Å². The summed E-state index contributed by atoms with van der Waals surface area (Å²) in [5, 5.41) is 15.4. The molecule has 1 aromatic carbocycles. The third kappa shape index (κ3) is 5.25. The molecule has 0 radical (unpaired) electrons. The maximum absolute atomic E-state index is 13.1. The summed E-state index contributed by atoms with van der Waals surface area (Å²) in [4.78, 5) is 0. The van der Waals surface area contributed by atoms with E-state index < -0.39 is 5.82 Å². The standard InChI is InChI=1S/C14H20Cl2FN3O/c1-14(2,13(18)20-21)5-3-4-6-19-12-10(15)7-9(17)8-11(12)16/h7-8,19,21H,3-6H2,1-2H3,(H2,18,20). The van der Waals surface area contributed by atoms with Crippen LogP contribution in [0.15, 0.2) is 17.3 Å². The van der Waals surface area contributed by atoms with Crippen LogP contribution in [0.4, 0.5) is 10.1 Å². The van der Waals surface area contributed by atoms with Crippen LogP contribution in [-0.4, -0.2) is 17.6 Å². The molecule has 0 amide bonds. The van der Waals surface area contributed by atoms with Crippen molar-refractivity contribution in [2.45, 2.75) is 33.1 Å². The van der Waals surface area contributed by atoms with Crippen LogP contribution in [0.1, 0.15) is 33.1 Å². The molecule has 7 heteroatoms. The van der Waals surface area contributed by atoms with Crippen molar-refractivity contribution in [3.8, 4) is 0 Å². The number of oxime groups is 1. The van der Waals surface area contributed by atoms with Gasteiger partial charge in [-0.25, -0.2) is 4.39 Å². The largest absolute Gasteiger partial charge is 0.409 e. The molecule has 21 heavy (non-hydrogen) atoms. The first kappa shape index (κ1) is 17.9. The van der Waals surface area contributed by atoms with Gasteiger partial charge in [-0.05, 0) is 25.0 Å². The minimum Gasteiger partial charge on any atom is -0.409 e. The van der Waals surface area contributed by atoms with Gasteiger partial charge in [0.15, 0.2) is 0 Å². The molecule has 1 rings (SSSR count). The highest BCUT2D eigenvalue weighted by Gasteiger charge is 2.22. The van der Waals surface area contributed by atoms with Crippen molar-refractivity contribution in [1.29, 1.82) is 0 Å². The van der Waals surface area contributed by atoms with Crippen molar-refractivity contribution in [2.24, 2.45) is 16.3 Å². The van der Waals surface area contributed by atoms with E-state index in [2.05, 4.69) is 10.5 Å². The Kier molecular flexibility index (Phi) is 6.55. The monoisotopic (exact) mass is 335 g/mol. The van der Waals surface area contributed by atoms with Crippen LogP contribution in [0.2, 0.25) is 10.0 Å². The molecule has 0 bridgehead atoms. The average molecular weight is 336 g/mol. The van der Waals surface area contributed by atoms with Gasteiger partial charge in [-0.3, -0.25) is 0 Å². The molecule has 0 unspecified atom stereocenters. The maximum Gasteiger partial charge on any atom is 0.144 e. The molecule has 0 aliphatic heterocycles. The maximum atomic E-state index is 13.1. The first-order valence-electron chi connectivity index (χ1n) is 6.64. The lowest BCUT2D eigenvalue weighted by molar-refractivity contribution is 0.304. The van der Waals surface area contributed by atoms with E-state index in [1.54, 1.807) is 0 Å². The second-order valence-corrected chi connectivity index (χ2v) is 6.31. The molecule has 0 aliphatic carbocycles. The predicted molar refractivity (Wildman–Crippen MR) is 86.0 cm³/mol. The highest BCUT2D eigenvalue weighted by atomic mass is 35.5. The Labute approximate surface area is 134 Å². The molecule has 118 valence electrons. The van der Waals surface area contributed by atoms with Crippen molar-refractivity contribution in [3.05, 3.63) is 28.0 Å².